The maximum Gasteiger partial charge on any atom is 0.272 e. The molecule has 4 N–H and O–H groups in total. The molecule has 1 fully saturated rings. The van der Waals surface area contributed by atoms with Crippen molar-refractivity contribution in [1.82, 2.24) is 15.5 Å². The van der Waals surface area contributed by atoms with Crippen molar-refractivity contribution in [3.05, 3.63) is 111 Å². The summed E-state index contributed by atoms with van der Waals surface area (Å²) in [6.45, 7) is 0. The van der Waals surface area contributed by atoms with Crippen molar-refractivity contribution < 1.29 is 9.18 Å². The first-order valence-corrected chi connectivity index (χ1v) is 10.9. The average Bonchev–Trinajstić information content (AvgIpc) is 3.01. The zero-order valence-electron chi connectivity index (χ0n) is 17.9. The highest BCUT2D eigenvalue weighted by molar-refractivity contribution is 6.03. The molecule has 3 aromatic rings. The van der Waals surface area contributed by atoms with Crippen LogP contribution in [0.1, 0.15) is 40.9 Å². The Kier molecular flexibility index (Phi) is 5.17. The molecule has 1 aliphatic heterocycles. The highest BCUT2D eigenvalue weighted by atomic mass is 19.1. The topological polar surface area (TPSA) is 101 Å². The lowest BCUT2D eigenvalue weighted by Crippen LogP contribution is -2.45. The fraction of sp³-hybridized carbons (Fsp3) is 0.192. The Morgan fingerprint density at radius 3 is 2.67 bits per heavy atom. The summed E-state index contributed by atoms with van der Waals surface area (Å²) in [7, 11) is 0. The number of allylic oxidation sites excluding steroid dienone is 4. The fourth-order valence-corrected chi connectivity index (χ4v) is 4.66. The molecule has 2 aromatic carbocycles. The predicted octanol–water partition coefficient (Wildman–Crippen LogP) is 3.85. The van der Waals surface area contributed by atoms with E-state index in [1.165, 1.54) is 6.07 Å². The molecule has 1 aliphatic carbocycles. The number of rotatable bonds is 5. The minimum atomic E-state index is -0.870. The molecule has 0 amide bonds. The first-order chi connectivity index (χ1) is 16.0. The summed E-state index contributed by atoms with van der Waals surface area (Å²) in [5.74, 6) is -0.838. The van der Waals surface area contributed by atoms with Crippen LogP contribution < -0.4 is 16.6 Å². The van der Waals surface area contributed by atoms with Gasteiger partial charge in [0.05, 0.1) is 33.5 Å². The van der Waals surface area contributed by atoms with E-state index >= 15 is 0 Å². The summed E-state index contributed by atoms with van der Waals surface area (Å²) in [6, 6.07) is 11.8. The molecule has 2 heterocycles. The molecular weight excluding hydrogens is 419 g/mol. The lowest BCUT2D eigenvalue weighted by Gasteiger charge is -2.42. The summed E-state index contributed by atoms with van der Waals surface area (Å²) in [6.07, 6.45) is 9.51. The number of ketones is 1. The van der Waals surface area contributed by atoms with Gasteiger partial charge in [0.1, 0.15) is 5.82 Å². The normalized spacial score (nSPS) is 16.9. The van der Waals surface area contributed by atoms with E-state index in [-0.39, 0.29) is 16.9 Å². The van der Waals surface area contributed by atoms with Gasteiger partial charge in [-0.3, -0.25) is 9.59 Å². The Morgan fingerprint density at radius 2 is 1.91 bits per heavy atom. The highest BCUT2D eigenvalue weighted by Gasteiger charge is 2.49. The Morgan fingerprint density at radius 1 is 1.12 bits per heavy atom. The number of Topliss-reactive ketones (excluding diaryl/α,β-unsaturated/α-hetero) is 1. The number of halogens is 1. The van der Waals surface area contributed by atoms with E-state index in [2.05, 4.69) is 15.5 Å². The number of benzene rings is 2. The van der Waals surface area contributed by atoms with Gasteiger partial charge in [-0.05, 0) is 48.8 Å². The van der Waals surface area contributed by atoms with Gasteiger partial charge >= 0.3 is 0 Å². The van der Waals surface area contributed by atoms with Crippen molar-refractivity contribution in [1.29, 1.82) is 0 Å². The minimum Gasteiger partial charge on any atom is -0.397 e. The number of hydrogen-bond acceptors (Lipinski definition) is 5. The molecule has 0 radical (unpaired) electrons. The number of nitrogens with two attached hydrogens (primary N) is 1. The van der Waals surface area contributed by atoms with Crippen LogP contribution in [0.3, 0.4) is 0 Å². The number of aromatic amines is 1. The molecule has 0 spiro atoms. The van der Waals surface area contributed by atoms with Gasteiger partial charge < -0.3 is 11.1 Å². The van der Waals surface area contributed by atoms with Gasteiger partial charge in [0.25, 0.3) is 5.56 Å². The number of nitrogens with one attached hydrogen (secondary N) is 2. The van der Waals surface area contributed by atoms with Gasteiger partial charge in [0.15, 0.2) is 5.78 Å². The number of carbonyl (C=O) groups excluding carboxylic acids is 1. The number of carbonyl (C=O) groups is 1. The molecule has 0 saturated heterocycles. The summed E-state index contributed by atoms with van der Waals surface area (Å²) in [5, 5.41) is 11.1. The lowest BCUT2D eigenvalue weighted by atomic mass is 9.62. The third kappa shape index (κ3) is 3.55. The zero-order chi connectivity index (χ0) is 23.0. The fourth-order valence-electron chi connectivity index (χ4n) is 4.66. The Bertz CT molecular complexity index is 1410. The van der Waals surface area contributed by atoms with Gasteiger partial charge in [-0.15, -0.1) is 0 Å². The van der Waals surface area contributed by atoms with Crippen molar-refractivity contribution >= 4 is 16.6 Å². The first-order valence-electron chi connectivity index (χ1n) is 10.9. The van der Waals surface area contributed by atoms with Crippen LogP contribution in [-0.2, 0) is 6.42 Å². The second kappa shape index (κ2) is 8.16. The summed E-state index contributed by atoms with van der Waals surface area (Å²) >= 11 is 0. The van der Waals surface area contributed by atoms with Gasteiger partial charge in [0, 0.05) is 18.0 Å². The number of nitrogens with zero attached hydrogens (tertiary/aromatic N) is 1. The smallest absolute Gasteiger partial charge is 0.272 e. The van der Waals surface area contributed by atoms with Crippen molar-refractivity contribution in [3.8, 4) is 0 Å². The Balaban J connectivity index is 1.53. The molecule has 2 aliphatic rings. The molecule has 0 atom stereocenters. The first kappa shape index (κ1) is 20.9. The molecular formula is C26H23FN4O2. The van der Waals surface area contributed by atoms with Crippen molar-refractivity contribution in [2.45, 2.75) is 25.7 Å². The lowest BCUT2D eigenvalue weighted by molar-refractivity contribution is 0.0689. The molecule has 7 heteroatoms. The van der Waals surface area contributed by atoms with Gasteiger partial charge in [0.2, 0.25) is 0 Å². The van der Waals surface area contributed by atoms with E-state index in [9.17, 15) is 14.0 Å². The van der Waals surface area contributed by atoms with Crippen LogP contribution >= 0.6 is 0 Å². The molecule has 1 aromatic heterocycles. The Labute approximate surface area is 189 Å². The van der Waals surface area contributed by atoms with Crippen LogP contribution in [0.5, 0.6) is 0 Å². The number of fused-ring (bicyclic) bond motifs is 1. The van der Waals surface area contributed by atoms with E-state index in [1.54, 1.807) is 48.7 Å². The van der Waals surface area contributed by atoms with E-state index in [1.807, 2.05) is 12.1 Å². The summed E-state index contributed by atoms with van der Waals surface area (Å²) < 4.78 is 14.9. The van der Waals surface area contributed by atoms with Crippen molar-refractivity contribution in [3.63, 3.8) is 0 Å². The van der Waals surface area contributed by atoms with Gasteiger partial charge in [-0.1, -0.05) is 36.8 Å². The SMILES string of the molecule is NC1=C(C2(C(=O)c3cc(Cc4n[nH]c(=O)c5ccccc45)ccc3F)CCC2)NC=CC=C1. The largest absolute Gasteiger partial charge is 0.397 e. The maximum absolute atomic E-state index is 14.9. The van der Waals surface area contributed by atoms with Crippen LogP contribution in [0.15, 0.2) is 83.1 Å². The van der Waals surface area contributed by atoms with E-state index < -0.39 is 11.2 Å². The van der Waals surface area contributed by atoms with E-state index in [0.29, 0.717) is 41.7 Å². The molecule has 0 bridgehead atoms. The van der Waals surface area contributed by atoms with Crippen LogP contribution in [0, 0.1) is 11.2 Å². The summed E-state index contributed by atoms with van der Waals surface area (Å²) in [4.78, 5) is 25.8. The number of hydrogen-bond donors (Lipinski definition) is 3. The van der Waals surface area contributed by atoms with Gasteiger partial charge in [-0.2, -0.15) is 5.10 Å². The molecule has 6 nitrogen and oxygen atoms in total. The van der Waals surface area contributed by atoms with Gasteiger partial charge in [-0.25, -0.2) is 9.49 Å². The van der Waals surface area contributed by atoms with E-state index in [4.69, 9.17) is 5.73 Å². The molecule has 33 heavy (non-hydrogen) atoms. The van der Waals surface area contributed by atoms with Crippen LogP contribution in [0.4, 0.5) is 4.39 Å². The van der Waals surface area contributed by atoms with E-state index in [0.717, 1.165) is 17.4 Å². The maximum atomic E-state index is 14.9. The highest BCUT2D eigenvalue weighted by Crippen LogP contribution is 2.49. The minimum absolute atomic E-state index is 0.0419. The quantitative estimate of drug-likeness (QED) is 0.521. The predicted molar refractivity (Wildman–Crippen MR) is 125 cm³/mol. The average molecular weight is 442 g/mol. The van der Waals surface area contributed by atoms with Crippen LogP contribution in [0.2, 0.25) is 0 Å². The molecule has 166 valence electrons. The van der Waals surface area contributed by atoms with Crippen LogP contribution in [0.25, 0.3) is 10.8 Å². The Hall–Kier alpha value is -4.00. The zero-order valence-corrected chi connectivity index (χ0v) is 17.9. The number of aromatic nitrogens is 2. The third-order valence-electron chi connectivity index (χ3n) is 6.54. The second-order valence-corrected chi connectivity index (χ2v) is 8.49. The van der Waals surface area contributed by atoms with Crippen molar-refractivity contribution in [2.24, 2.45) is 11.1 Å². The second-order valence-electron chi connectivity index (χ2n) is 8.49. The molecule has 5 rings (SSSR count). The molecule has 1 saturated carbocycles. The third-order valence-corrected chi connectivity index (χ3v) is 6.54. The van der Waals surface area contributed by atoms with Crippen LogP contribution in [-0.4, -0.2) is 16.0 Å². The standard InChI is InChI=1S/C26H23FN4O2/c27-20-10-9-16(15-22-17-6-1-2-7-18(17)25(33)31-30-22)14-19(20)24(32)26(11-5-12-26)23-21(28)8-3-4-13-29-23/h1-4,6-10,13-14,29H,5,11-12,15,28H2,(H,31,33). The summed E-state index contributed by atoms with van der Waals surface area (Å²) in [5.41, 5.74) is 7.63. The monoisotopic (exact) mass is 442 g/mol. The number of H-pyrrole nitrogens is 1. The molecule has 0 unspecified atom stereocenters. The van der Waals surface area contributed by atoms with Crippen molar-refractivity contribution in [2.75, 3.05) is 0 Å².